The molecule has 3 nitrogen and oxygen atoms in total. The quantitative estimate of drug-likeness (QED) is 0.866. The van der Waals surface area contributed by atoms with Crippen LogP contribution < -0.4 is 10.6 Å². The van der Waals surface area contributed by atoms with E-state index in [1.54, 1.807) is 12.1 Å². The van der Waals surface area contributed by atoms with E-state index in [0.717, 1.165) is 25.0 Å². The Morgan fingerprint density at radius 3 is 2.56 bits per heavy atom. The second-order valence-corrected chi connectivity index (χ2v) is 4.67. The van der Waals surface area contributed by atoms with Crippen molar-refractivity contribution in [1.29, 1.82) is 0 Å². The molecule has 1 aromatic carbocycles. The number of aliphatic imine (C=N–C) groups is 1. The molecule has 0 radical (unpaired) electrons. The third-order valence-electron chi connectivity index (χ3n) is 2.83. The number of nitrogens with zero attached hydrogens (tertiary/aromatic N) is 1. The predicted octanol–water partition coefficient (Wildman–Crippen LogP) is 2.24. The Morgan fingerprint density at radius 1 is 1.39 bits per heavy atom. The summed E-state index contributed by atoms with van der Waals surface area (Å²) >= 11 is 0. The van der Waals surface area contributed by atoms with E-state index >= 15 is 0 Å². The van der Waals surface area contributed by atoms with Gasteiger partial charge in [0.25, 0.3) is 5.92 Å². The largest absolute Gasteiger partial charge is 0.352 e. The highest BCUT2D eigenvalue weighted by atomic mass is 19.3. The highest BCUT2D eigenvalue weighted by Crippen LogP contribution is 2.26. The van der Waals surface area contributed by atoms with E-state index in [1.165, 1.54) is 12.1 Å². The molecule has 2 rings (SSSR count). The van der Waals surface area contributed by atoms with Crippen LogP contribution in [0.2, 0.25) is 0 Å². The highest BCUT2D eigenvalue weighted by molar-refractivity contribution is 5.81. The van der Waals surface area contributed by atoms with E-state index in [4.69, 9.17) is 0 Å². The zero-order chi connectivity index (χ0) is 13.2. The summed E-state index contributed by atoms with van der Waals surface area (Å²) < 4.78 is 26.0. The van der Waals surface area contributed by atoms with Crippen molar-refractivity contribution < 1.29 is 8.78 Å². The smallest absolute Gasteiger partial charge is 0.270 e. The lowest BCUT2D eigenvalue weighted by Gasteiger charge is -2.12. The molecule has 0 aromatic heterocycles. The summed E-state index contributed by atoms with van der Waals surface area (Å²) in [4.78, 5) is 4.26. The molecular weight excluding hydrogens is 236 g/mol. The molecule has 2 N–H and O–H groups in total. The lowest BCUT2D eigenvalue weighted by atomic mass is 10.1. The molecule has 0 saturated carbocycles. The summed E-state index contributed by atoms with van der Waals surface area (Å²) in [6, 6.07) is 6.69. The molecule has 0 aliphatic carbocycles. The van der Waals surface area contributed by atoms with E-state index in [0.29, 0.717) is 12.6 Å². The number of hydrogen-bond acceptors (Lipinski definition) is 3. The van der Waals surface area contributed by atoms with E-state index in [-0.39, 0.29) is 5.56 Å². The van der Waals surface area contributed by atoms with Gasteiger partial charge >= 0.3 is 0 Å². The third-order valence-corrected chi connectivity index (χ3v) is 2.83. The Morgan fingerprint density at radius 2 is 2.06 bits per heavy atom. The summed E-state index contributed by atoms with van der Waals surface area (Å²) in [7, 11) is 0. The minimum atomic E-state index is -2.78. The molecule has 0 fully saturated rings. The van der Waals surface area contributed by atoms with Crippen molar-refractivity contribution in [2.24, 2.45) is 4.99 Å². The van der Waals surface area contributed by atoms with Crippen molar-refractivity contribution in [1.82, 2.24) is 10.6 Å². The summed E-state index contributed by atoms with van der Waals surface area (Å²) in [5, 5.41) is 6.32. The molecule has 18 heavy (non-hydrogen) atoms. The Kier molecular flexibility index (Phi) is 3.50. The van der Waals surface area contributed by atoms with Crippen LogP contribution in [-0.2, 0) is 12.5 Å². The summed E-state index contributed by atoms with van der Waals surface area (Å²) in [5.41, 5.74) is 0.989. The van der Waals surface area contributed by atoms with Gasteiger partial charge in [0, 0.05) is 25.1 Å². The van der Waals surface area contributed by atoms with Gasteiger partial charge in [-0.25, -0.2) is 8.78 Å². The average Bonchev–Trinajstić information content (AvgIpc) is 2.72. The summed E-state index contributed by atoms with van der Waals surface area (Å²) in [6.45, 7) is 4.30. The molecule has 1 aliphatic heterocycles. The van der Waals surface area contributed by atoms with Gasteiger partial charge in [0.2, 0.25) is 0 Å². The van der Waals surface area contributed by atoms with Crippen molar-refractivity contribution in [3.63, 3.8) is 0 Å². The highest BCUT2D eigenvalue weighted by Gasteiger charge is 2.23. The van der Waals surface area contributed by atoms with Gasteiger partial charge in [-0.15, -0.1) is 0 Å². The minimum absolute atomic E-state index is 0.0382. The van der Waals surface area contributed by atoms with Crippen LogP contribution in [0.25, 0.3) is 0 Å². The fraction of sp³-hybridized carbons (Fsp3) is 0.462. The van der Waals surface area contributed by atoms with Gasteiger partial charge in [0.15, 0.2) is 5.96 Å². The van der Waals surface area contributed by atoms with Crippen molar-refractivity contribution >= 4 is 5.96 Å². The predicted molar refractivity (Wildman–Crippen MR) is 67.7 cm³/mol. The van der Waals surface area contributed by atoms with Gasteiger partial charge in [0.05, 0.1) is 6.54 Å². The maximum Gasteiger partial charge on any atom is 0.270 e. The molecule has 0 amide bonds. The SMILES string of the molecule is CC1CN=C(NCc2ccc(C(C)(F)F)cc2)N1. The number of rotatable bonds is 3. The third kappa shape index (κ3) is 3.18. The lowest BCUT2D eigenvalue weighted by molar-refractivity contribution is 0.0174. The van der Waals surface area contributed by atoms with Crippen LogP contribution in [-0.4, -0.2) is 18.5 Å². The number of alkyl halides is 2. The van der Waals surface area contributed by atoms with Crippen LogP contribution in [0.15, 0.2) is 29.3 Å². The topological polar surface area (TPSA) is 36.4 Å². The minimum Gasteiger partial charge on any atom is -0.352 e. The molecule has 98 valence electrons. The van der Waals surface area contributed by atoms with Crippen LogP contribution in [0.1, 0.15) is 25.0 Å². The Labute approximate surface area is 105 Å². The molecule has 1 atom stereocenters. The van der Waals surface area contributed by atoms with Gasteiger partial charge in [-0.3, -0.25) is 4.99 Å². The Balaban J connectivity index is 1.91. The monoisotopic (exact) mass is 253 g/mol. The van der Waals surface area contributed by atoms with Gasteiger partial charge in [0.1, 0.15) is 0 Å². The van der Waals surface area contributed by atoms with Crippen molar-refractivity contribution in [3.05, 3.63) is 35.4 Å². The molecule has 1 aromatic rings. The molecule has 1 unspecified atom stereocenters. The standard InChI is InChI=1S/C13H17F2N3/c1-9-7-16-12(18-9)17-8-10-3-5-11(6-4-10)13(2,14)15/h3-6,9H,7-8H2,1-2H3,(H2,16,17,18). The van der Waals surface area contributed by atoms with E-state index in [1.807, 2.05) is 0 Å². The van der Waals surface area contributed by atoms with Crippen molar-refractivity contribution in [2.45, 2.75) is 32.4 Å². The maximum atomic E-state index is 13.0. The lowest BCUT2D eigenvalue weighted by Crippen LogP contribution is -2.37. The van der Waals surface area contributed by atoms with E-state index in [9.17, 15) is 8.78 Å². The summed E-state index contributed by atoms with van der Waals surface area (Å²) in [5.74, 6) is -2.01. The molecule has 0 spiro atoms. The first-order valence-corrected chi connectivity index (χ1v) is 5.97. The van der Waals surface area contributed by atoms with Crippen molar-refractivity contribution in [2.75, 3.05) is 6.54 Å². The second-order valence-electron chi connectivity index (χ2n) is 4.67. The van der Waals surface area contributed by atoms with E-state index < -0.39 is 5.92 Å². The number of benzene rings is 1. The van der Waals surface area contributed by atoms with Gasteiger partial charge < -0.3 is 10.6 Å². The van der Waals surface area contributed by atoms with Gasteiger partial charge in [-0.2, -0.15) is 0 Å². The molecular formula is C13H17F2N3. The first-order valence-electron chi connectivity index (χ1n) is 5.97. The van der Waals surface area contributed by atoms with Crippen LogP contribution in [0.3, 0.4) is 0 Å². The van der Waals surface area contributed by atoms with Crippen LogP contribution in [0.5, 0.6) is 0 Å². The number of guanidine groups is 1. The zero-order valence-electron chi connectivity index (χ0n) is 10.5. The molecule has 1 aliphatic rings. The average molecular weight is 253 g/mol. The second kappa shape index (κ2) is 4.92. The first-order chi connectivity index (χ1) is 8.45. The van der Waals surface area contributed by atoms with Crippen LogP contribution >= 0.6 is 0 Å². The normalized spacial score (nSPS) is 19.3. The molecule has 0 bridgehead atoms. The summed E-state index contributed by atoms with van der Waals surface area (Å²) in [6.07, 6.45) is 0. The van der Waals surface area contributed by atoms with E-state index in [2.05, 4.69) is 22.5 Å². The van der Waals surface area contributed by atoms with Crippen molar-refractivity contribution in [3.8, 4) is 0 Å². The van der Waals surface area contributed by atoms with Crippen LogP contribution in [0.4, 0.5) is 8.78 Å². The maximum absolute atomic E-state index is 13.0. The number of hydrogen-bond donors (Lipinski definition) is 2. The molecule has 0 saturated heterocycles. The zero-order valence-corrected chi connectivity index (χ0v) is 10.5. The molecule has 5 heteroatoms. The van der Waals surface area contributed by atoms with Gasteiger partial charge in [-0.1, -0.05) is 24.3 Å². The number of halogens is 2. The van der Waals surface area contributed by atoms with Gasteiger partial charge in [-0.05, 0) is 12.5 Å². The Bertz CT molecular complexity index is 435. The fourth-order valence-corrected chi connectivity index (χ4v) is 1.76. The molecule has 1 heterocycles. The number of nitrogens with one attached hydrogen (secondary N) is 2. The van der Waals surface area contributed by atoms with Crippen LogP contribution in [0, 0.1) is 0 Å². The Hall–Kier alpha value is -1.65. The first kappa shape index (κ1) is 12.8. The fourth-order valence-electron chi connectivity index (χ4n) is 1.76.